The predicted octanol–water partition coefficient (Wildman–Crippen LogP) is 3.87. The Morgan fingerprint density at radius 2 is 1.88 bits per heavy atom. The number of carbonyl (C=O) groups is 1. The average Bonchev–Trinajstić information content (AvgIpc) is 3.41. The second-order valence-corrected chi connectivity index (χ2v) is 10.1. The molecular weight excluding hydrogens is 438 g/mol. The molecule has 3 aromatic rings. The minimum Gasteiger partial charge on any atom is -0.460 e. The van der Waals surface area contributed by atoms with Gasteiger partial charge in [0.2, 0.25) is 11.9 Å². The van der Waals surface area contributed by atoms with Gasteiger partial charge in [-0.3, -0.25) is 4.79 Å². The summed E-state index contributed by atoms with van der Waals surface area (Å²) in [6.45, 7) is 0. The first-order chi connectivity index (χ1) is 16.0. The molecule has 0 radical (unpaired) electrons. The SMILES string of the molecule is CN(C)C(=O)Cc1cnc(Nc2ncc(-c3ccnc(OC4CCC5(CC4)CC5)n3)s2)nc1. The fourth-order valence-corrected chi connectivity index (χ4v) is 4.85. The van der Waals surface area contributed by atoms with Crippen molar-refractivity contribution in [1.29, 1.82) is 0 Å². The molecule has 3 heterocycles. The molecule has 5 rings (SSSR count). The number of hydrogen-bond donors (Lipinski definition) is 1. The Hall–Kier alpha value is -3.14. The number of hydrogen-bond acceptors (Lipinski definition) is 9. The lowest BCUT2D eigenvalue weighted by molar-refractivity contribution is -0.127. The van der Waals surface area contributed by atoms with Crippen LogP contribution in [0.3, 0.4) is 0 Å². The second kappa shape index (κ2) is 9.01. The van der Waals surface area contributed by atoms with Gasteiger partial charge in [-0.05, 0) is 55.6 Å². The molecule has 33 heavy (non-hydrogen) atoms. The van der Waals surface area contributed by atoms with E-state index in [4.69, 9.17) is 4.74 Å². The van der Waals surface area contributed by atoms with Crippen LogP contribution in [0.2, 0.25) is 0 Å². The van der Waals surface area contributed by atoms with Crippen LogP contribution in [0.25, 0.3) is 10.6 Å². The van der Waals surface area contributed by atoms with Gasteiger partial charge < -0.3 is 15.0 Å². The van der Waals surface area contributed by atoms with Gasteiger partial charge in [0.15, 0.2) is 5.13 Å². The van der Waals surface area contributed by atoms with E-state index in [1.807, 2.05) is 6.07 Å². The molecule has 0 saturated heterocycles. The lowest BCUT2D eigenvalue weighted by Gasteiger charge is -2.28. The normalized spacial score (nSPS) is 17.0. The average molecular weight is 466 g/mol. The second-order valence-electron chi connectivity index (χ2n) is 9.08. The summed E-state index contributed by atoms with van der Waals surface area (Å²) >= 11 is 1.45. The van der Waals surface area contributed by atoms with Gasteiger partial charge in [0.05, 0.1) is 17.0 Å². The van der Waals surface area contributed by atoms with Gasteiger partial charge in [-0.1, -0.05) is 11.3 Å². The molecule has 2 fully saturated rings. The Labute approximate surface area is 196 Å². The van der Waals surface area contributed by atoms with Crippen molar-refractivity contribution < 1.29 is 9.53 Å². The highest BCUT2D eigenvalue weighted by Crippen LogP contribution is 2.56. The molecule has 0 atom stereocenters. The van der Waals surface area contributed by atoms with Crippen LogP contribution in [0.15, 0.2) is 30.9 Å². The van der Waals surface area contributed by atoms with E-state index in [1.54, 1.807) is 43.8 Å². The van der Waals surface area contributed by atoms with Crippen LogP contribution in [-0.2, 0) is 11.2 Å². The van der Waals surface area contributed by atoms with Crippen molar-refractivity contribution in [2.45, 2.75) is 51.0 Å². The number of amides is 1. The summed E-state index contributed by atoms with van der Waals surface area (Å²) in [7, 11) is 3.45. The van der Waals surface area contributed by atoms with E-state index in [0.29, 0.717) is 22.5 Å². The molecule has 0 unspecified atom stereocenters. The lowest BCUT2D eigenvalue weighted by Crippen LogP contribution is -2.25. The third-order valence-electron chi connectivity index (χ3n) is 6.39. The van der Waals surface area contributed by atoms with Crippen molar-refractivity contribution in [1.82, 2.24) is 29.8 Å². The zero-order chi connectivity index (χ0) is 22.8. The van der Waals surface area contributed by atoms with Crippen LogP contribution >= 0.6 is 11.3 Å². The first-order valence-electron chi connectivity index (χ1n) is 11.2. The van der Waals surface area contributed by atoms with Gasteiger partial charge in [-0.15, -0.1) is 0 Å². The van der Waals surface area contributed by atoms with Crippen LogP contribution in [0.1, 0.15) is 44.1 Å². The van der Waals surface area contributed by atoms with Crippen LogP contribution in [-0.4, -0.2) is 55.9 Å². The van der Waals surface area contributed by atoms with Gasteiger partial charge in [0.25, 0.3) is 0 Å². The molecule has 1 spiro atoms. The van der Waals surface area contributed by atoms with E-state index in [1.165, 1.54) is 37.0 Å². The minimum absolute atomic E-state index is 0.00684. The van der Waals surface area contributed by atoms with Crippen molar-refractivity contribution >= 4 is 28.3 Å². The van der Waals surface area contributed by atoms with Gasteiger partial charge >= 0.3 is 6.01 Å². The molecule has 9 nitrogen and oxygen atoms in total. The highest BCUT2D eigenvalue weighted by Gasteiger charge is 2.45. The molecule has 1 N–H and O–H groups in total. The third-order valence-corrected chi connectivity index (χ3v) is 7.33. The number of thiazole rings is 1. The van der Waals surface area contributed by atoms with Crippen LogP contribution in [0.5, 0.6) is 6.01 Å². The maximum absolute atomic E-state index is 11.8. The van der Waals surface area contributed by atoms with E-state index >= 15 is 0 Å². The molecule has 2 aliphatic rings. The number of nitrogens with one attached hydrogen (secondary N) is 1. The molecule has 0 bridgehead atoms. The molecule has 1 amide bonds. The number of carbonyl (C=O) groups excluding carboxylic acids is 1. The Kier molecular flexibility index (Phi) is 5.92. The number of likely N-dealkylation sites (N-methyl/N-ethyl adjacent to an activating group) is 1. The fourth-order valence-electron chi connectivity index (χ4n) is 4.07. The maximum Gasteiger partial charge on any atom is 0.317 e. The molecular formula is C23H27N7O2S. The number of aromatic nitrogens is 5. The zero-order valence-corrected chi connectivity index (χ0v) is 19.6. The molecule has 0 aromatic carbocycles. The first-order valence-corrected chi connectivity index (χ1v) is 12.0. The van der Waals surface area contributed by atoms with Gasteiger partial charge in [-0.2, -0.15) is 4.98 Å². The Balaban J connectivity index is 1.20. The molecule has 2 saturated carbocycles. The summed E-state index contributed by atoms with van der Waals surface area (Å²) in [5.74, 6) is 0.432. The highest BCUT2D eigenvalue weighted by atomic mass is 32.1. The van der Waals surface area contributed by atoms with Gasteiger partial charge in [-0.25, -0.2) is 19.9 Å². The Bertz CT molecular complexity index is 1120. The van der Waals surface area contributed by atoms with Crippen molar-refractivity contribution in [2.75, 3.05) is 19.4 Å². The maximum atomic E-state index is 11.8. The Morgan fingerprint density at radius 3 is 2.58 bits per heavy atom. The standard InChI is InChI=1S/C23H27N7O2S/c1-30(2)19(31)11-15-12-25-20(26-13-15)29-22-27-14-18(33-22)17-5-10-24-21(28-17)32-16-3-6-23(7-4-16)8-9-23/h5,10,12-14,16H,3-4,6-9,11H2,1-2H3,(H,25,26,27,29). The van der Waals surface area contributed by atoms with Crippen molar-refractivity contribution in [3.05, 3.63) is 36.4 Å². The van der Waals surface area contributed by atoms with Gasteiger partial charge in [0.1, 0.15) is 6.10 Å². The highest BCUT2D eigenvalue weighted by molar-refractivity contribution is 7.18. The fraction of sp³-hybridized carbons (Fsp3) is 0.478. The van der Waals surface area contributed by atoms with E-state index in [2.05, 4.69) is 30.2 Å². The third kappa shape index (κ3) is 5.27. The van der Waals surface area contributed by atoms with E-state index in [9.17, 15) is 4.79 Å². The lowest BCUT2D eigenvalue weighted by atomic mass is 9.85. The smallest absolute Gasteiger partial charge is 0.317 e. The predicted molar refractivity (Wildman–Crippen MR) is 125 cm³/mol. The van der Waals surface area contributed by atoms with E-state index in [0.717, 1.165) is 29.0 Å². The molecule has 0 aliphatic heterocycles. The molecule has 2 aliphatic carbocycles. The van der Waals surface area contributed by atoms with Crippen molar-refractivity contribution in [3.8, 4) is 16.6 Å². The topological polar surface area (TPSA) is 106 Å². The summed E-state index contributed by atoms with van der Waals surface area (Å²) < 4.78 is 6.09. The first kappa shape index (κ1) is 21.7. The van der Waals surface area contributed by atoms with Crippen LogP contribution in [0, 0.1) is 5.41 Å². The summed E-state index contributed by atoms with van der Waals surface area (Å²) in [5, 5.41) is 3.76. The van der Waals surface area contributed by atoms with Crippen LogP contribution in [0.4, 0.5) is 11.1 Å². The summed E-state index contributed by atoms with van der Waals surface area (Å²) in [4.78, 5) is 36.2. The number of anilines is 2. The zero-order valence-electron chi connectivity index (χ0n) is 18.8. The largest absolute Gasteiger partial charge is 0.460 e. The van der Waals surface area contributed by atoms with E-state index in [-0.39, 0.29) is 18.4 Å². The Morgan fingerprint density at radius 1 is 1.12 bits per heavy atom. The van der Waals surface area contributed by atoms with Crippen molar-refractivity contribution in [3.63, 3.8) is 0 Å². The molecule has 10 heteroatoms. The summed E-state index contributed by atoms with van der Waals surface area (Å²) in [6, 6.07) is 2.29. The number of ether oxygens (including phenoxy) is 1. The molecule has 172 valence electrons. The monoisotopic (exact) mass is 465 g/mol. The number of rotatable bonds is 7. The van der Waals surface area contributed by atoms with Crippen molar-refractivity contribution in [2.24, 2.45) is 5.41 Å². The van der Waals surface area contributed by atoms with E-state index < -0.39 is 0 Å². The van der Waals surface area contributed by atoms with Gasteiger partial charge in [0, 0.05) is 38.9 Å². The quantitative estimate of drug-likeness (QED) is 0.561. The molecule has 3 aromatic heterocycles. The summed E-state index contributed by atoms with van der Waals surface area (Å²) in [6.07, 6.45) is 14.7. The minimum atomic E-state index is 0.00684. The van der Waals surface area contributed by atoms with Crippen LogP contribution < -0.4 is 10.1 Å². The summed E-state index contributed by atoms with van der Waals surface area (Å²) in [5.41, 5.74) is 2.18. The number of nitrogens with zero attached hydrogens (tertiary/aromatic N) is 6.